The van der Waals surface area contributed by atoms with E-state index in [4.69, 9.17) is 10.00 Å². The van der Waals surface area contributed by atoms with Crippen molar-refractivity contribution in [3.05, 3.63) is 89.5 Å². The number of nitrogens with zero attached hydrogens (tertiary/aromatic N) is 3. The maximum absolute atomic E-state index is 9.00. The summed E-state index contributed by atoms with van der Waals surface area (Å²) in [6, 6.07) is 19.8. The smallest absolute Gasteiger partial charge is 0.130 e. The first-order valence-corrected chi connectivity index (χ1v) is 8.96. The molecule has 1 unspecified atom stereocenters. The number of benzene rings is 1. The van der Waals surface area contributed by atoms with Crippen LogP contribution in [0.4, 0.5) is 0 Å². The lowest BCUT2D eigenvalue weighted by Crippen LogP contribution is -2.20. The van der Waals surface area contributed by atoms with Crippen molar-refractivity contribution in [3.63, 3.8) is 0 Å². The zero-order chi connectivity index (χ0) is 19.3. The second-order valence-corrected chi connectivity index (χ2v) is 7.56. The van der Waals surface area contributed by atoms with Crippen molar-refractivity contribution in [2.75, 3.05) is 0 Å². The average Bonchev–Trinajstić information content (AvgIpc) is 2.68. The fourth-order valence-electron chi connectivity index (χ4n) is 3.15. The molecule has 0 fully saturated rings. The summed E-state index contributed by atoms with van der Waals surface area (Å²) in [6.45, 7) is 7.04. The van der Waals surface area contributed by atoms with Gasteiger partial charge in [-0.05, 0) is 47.4 Å². The van der Waals surface area contributed by atoms with Gasteiger partial charge in [-0.3, -0.25) is 9.97 Å². The molecule has 0 saturated carbocycles. The summed E-state index contributed by atoms with van der Waals surface area (Å²) in [4.78, 5) is 8.80. The average molecular weight is 357 g/mol. The molecule has 3 rings (SSSR count). The molecule has 4 nitrogen and oxygen atoms in total. The third-order valence-electron chi connectivity index (χ3n) is 4.40. The van der Waals surface area contributed by atoms with Crippen LogP contribution < -0.4 is 4.74 Å². The van der Waals surface area contributed by atoms with Gasteiger partial charge in [-0.25, -0.2) is 0 Å². The van der Waals surface area contributed by atoms with E-state index in [1.165, 1.54) is 5.56 Å². The van der Waals surface area contributed by atoms with Gasteiger partial charge in [0.25, 0.3) is 0 Å². The molecule has 0 N–H and O–H groups in total. The topological polar surface area (TPSA) is 58.8 Å². The lowest BCUT2D eigenvalue weighted by atomic mass is 9.74. The fraction of sp³-hybridized carbons (Fsp3) is 0.261. The second kappa shape index (κ2) is 8.01. The highest BCUT2D eigenvalue weighted by Gasteiger charge is 2.29. The molecule has 1 aromatic carbocycles. The molecule has 136 valence electrons. The van der Waals surface area contributed by atoms with Crippen LogP contribution in [0.1, 0.15) is 49.2 Å². The maximum atomic E-state index is 9.00. The predicted molar refractivity (Wildman–Crippen MR) is 105 cm³/mol. The molecule has 0 bridgehead atoms. The lowest BCUT2D eigenvalue weighted by molar-refractivity contribution is 0.300. The minimum absolute atomic E-state index is 0.0164. The molecule has 2 aromatic heterocycles. The van der Waals surface area contributed by atoms with Gasteiger partial charge in [0.15, 0.2) is 0 Å². The first-order valence-electron chi connectivity index (χ1n) is 8.96. The van der Waals surface area contributed by atoms with Crippen LogP contribution in [0.25, 0.3) is 0 Å². The minimum Gasteiger partial charge on any atom is -0.487 e. The monoisotopic (exact) mass is 357 g/mol. The number of aromatic nitrogens is 2. The SMILES string of the molecule is CC(C)(C)C(c1ccc(OCc2ccccn2)cc1)c1ccc(C#N)cn1. The highest BCUT2D eigenvalue weighted by atomic mass is 16.5. The van der Waals surface area contributed by atoms with E-state index in [1.807, 2.05) is 42.5 Å². The Kier molecular flexibility index (Phi) is 5.52. The molecule has 1 atom stereocenters. The Morgan fingerprint density at radius 1 is 1.00 bits per heavy atom. The van der Waals surface area contributed by atoms with Crippen molar-refractivity contribution in [1.82, 2.24) is 9.97 Å². The molecule has 0 amide bonds. The minimum atomic E-state index is -0.0164. The fourth-order valence-corrected chi connectivity index (χ4v) is 3.15. The van der Waals surface area contributed by atoms with Crippen molar-refractivity contribution < 1.29 is 4.74 Å². The number of rotatable bonds is 5. The van der Waals surface area contributed by atoms with E-state index in [0.717, 1.165) is 17.1 Å². The molecule has 0 saturated heterocycles. The quantitative estimate of drug-likeness (QED) is 0.637. The molecular formula is C23H23N3O. The molecule has 27 heavy (non-hydrogen) atoms. The molecular weight excluding hydrogens is 334 g/mol. The van der Waals surface area contributed by atoms with Crippen LogP contribution in [0.2, 0.25) is 0 Å². The number of pyridine rings is 2. The molecule has 0 aliphatic heterocycles. The van der Waals surface area contributed by atoms with Crippen LogP contribution in [0.15, 0.2) is 67.0 Å². The summed E-state index contributed by atoms with van der Waals surface area (Å²) in [5, 5.41) is 9.00. The van der Waals surface area contributed by atoms with Crippen LogP contribution in [0.3, 0.4) is 0 Å². The van der Waals surface area contributed by atoms with Crippen molar-refractivity contribution in [2.45, 2.75) is 33.3 Å². The maximum Gasteiger partial charge on any atom is 0.130 e. The van der Waals surface area contributed by atoms with Crippen LogP contribution in [0, 0.1) is 16.7 Å². The van der Waals surface area contributed by atoms with Crippen LogP contribution in [-0.4, -0.2) is 9.97 Å². The Hall–Kier alpha value is -3.19. The van der Waals surface area contributed by atoms with Crippen LogP contribution >= 0.6 is 0 Å². The third kappa shape index (κ3) is 4.71. The largest absolute Gasteiger partial charge is 0.487 e. The molecule has 0 aliphatic rings. The van der Waals surface area contributed by atoms with E-state index in [2.05, 4.69) is 48.9 Å². The van der Waals surface area contributed by atoms with Crippen LogP contribution in [-0.2, 0) is 6.61 Å². The van der Waals surface area contributed by atoms with Gasteiger partial charge in [0.2, 0.25) is 0 Å². The Labute approximate surface area is 160 Å². The van der Waals surface area contributed by atoms with Crippen molar-refractivity contribution >= 4 is 0 Å². The van der Waals surface area contributed by atoms with E-state index in [0.29, 0.717) is 12.2 Å². The normalized spacial score (nSPS) is 12.2. The Morgan fingerprint density at radius 3 is 2.33 bits per heavy atom. The van der Waals surface area contributed by atoms with E-state index in [9.17, 15) is 0 Å². The summed E-state index contributed by atoms with van der Waals surface area (Å²) in [5.74, 6) is 0.930. The van der Waals surface area contributed by atoms with Gasteiger partial charge < -0.3 is 4.74 Å². The summed E-state index contributed by atoms with van der Waals surface area (Å²) in [7, 11) is 0. The summed E-state index contributed by atoms with van der Waals surface area (Å²) < 4.78 is 5.83. The first-order chi connectivity index (χ1) is 13.0. The van der Waals surface area contributed by atoms with Gasteiger partial charge in [-0.15, -0.1) is 0 Å². The van der Waals surface area contributed by atoms with Gasteiger partial charge in [-0.1, -0.05) is 39.0 Å². The van der Waals surface area contributed by atoms with Crippen molar-refractivity contribution in [3.8, 4) is 11.8 Å². The first kappa shape index (κ1) is 18.6. The van der Waals surface area contributed by atoms with E-state index < -0.39 is 0 Å². The van der Waals surface area contributed by atoms with E-state index in [-0.39, 0.29) is 11.3 Å². The molecule has 3 aromatic rings. The van der Waals surface area contributed by atoms with E-state index in [1.54, 1.807) is 12.4 Å². The lowest BCUT2D eigenvalue weighted by Gasteiger charge is -2.31. The Morgan fingerprint density at radius 2 is 1.78 bits per heavy atom. The number of nitriles is 1. The second-order valence-electron chi connectivity index (χ2n) is 7.56. The Bertz CT molecular complexity index is 905. The van der Waals surface area contributed by atoms with Crippen LogP contribution in [0.5, 0.6) is 5.75 Å². The highest BCUT2D eigenvalue weighted by molar-refractivity contribution is 5.37. The molecule has 0 aliphatic carbocycles. The zero-order valence-electron chi connectivity index (χ0n) is 15.9. The number of hydrogen-bond donors (Lipinski definition) is 0. The van der Waals surface area contributed by atoms with Crippen molar-refractivity contribution in [1.29, 1.82) is 5.26 Å². The van der Waals surface area contributed by atoms with Gasteiger partial charge in [0.1, 0.15) is 18.4 Å². The van der Waals surface area contributed by atoms with Gasteiger partial charge in [0.05, 0.1) is 11.3 Å². The number of hydrogen-bond acceptors (Lipinski definition) is 4. The van der Waals surface area contributed by atoms with Gasteiger partial charge in [-0.2, -0.15) is 5.26 Å². The van der Waals surface area contributed by atoms with Crippen molar-refractivity contribution in [2.24, 2.45) is 5.41 Å². The van der Waals surface area contributed by atoms with Gasteiger partial charge >= 0.3 is 0 Å². The number of ether oxygens (including phenoxy) is 1. The summed E-state index contributed by atoms with van der Waals surface area (Å²) >= 11 is 0. The summed E-state index contributed by atoms with van der Waals surface area (Å²) in [6.07, 6.45) is 3.40. The van der Waals surface area contributed by atoms with E-state index >= 15 is 0 Å². The standard InChI is InChI=1S/C23H23N3O/c1-23(2,3)22(21-12-7-17(14-24)15-26-21)18-8-10-20(11-9-18)27-16-19-6-4-5-13-25-19/h4-13,15,22H,16H2,1-3H3. The highest BCUT2D eigenvalue weighted by Crippen LogP contribution is 2.40. The molecule has 2 heterocycles. The molecule has 0 radical (unpaired) electrons. The molecule has 0 spiro atoms. The summed E-state index contributed by atoms with van der Waals surface area (Å²) in [5.41, 5.74) is 3.59. The Balaban J connectivity index is 1.80. The predicted octanol–water partition coefficient (Wildman–Crippen LogP) is 5.11. The third-order valence-corrected chi connectivity index (χ3v) is 4.40. The van der Waals surface area contributed by atoms with Gasteiger partial charge in [0, 0.05) is 24.0 Å². The zero-order valence-corrected chi connectivity index (χ0v) is 15.9. The molecule has 4 heteroatoms.